The van der Waals surface area contributed by atoms with Gasteiger partial charge in [-0.3, -0.25) is 4.98 Å². The number of nitrogens with zero attached hydrogens (tertiary/aromatic N) is 1. The van der Waals surface area contributed by atoms with Crippen molar-refractivity contribution < 1.29 is 8.42 Å². The van der Waals surface area contributed by atoms with Crippen molar-refractivity contribution in [3.63, 3.8) is 0 Å². The maximum atomic E-state index is 12.0. The Bertz CT molecular complexity index is 439. The third-order valence-electron chi connectivity index (χ3n) is 2.98. The minimum Gasteiger partial charge on any atom is -0.316 e. The average Bonchev–Trinajstić information content (AvgIpc) is 2.30. The van der Waals surface area contributed by atoms with Crippen LogP contribution in [-0.2, 0) is 15.6 Å². The molecule has 17 heavy (non-hydrogen) atoms. The summed E-state index contributed by atoms with van der Waals surface area (Å²) in [6.07, 6.45) is 3.71. The number of sulfone groups is 1. The van der Waals surface area contributed by atoms with Crippen molar-refractivity contribution in [1.82, 2.24) is 10.3 Å². The summed E-state index contributed by atoms with van der Waals surface area (Å²) in [4.78, 5) is 4.06. The normalized spacial score (nSPS) is 21.3. The Morgan fingerprint density at radius 3 is 2.94 bits per heavy atom. The molecule has 0 spiro atoms. The summed E-state index contributed by atoms with van der Waals surface area (Å²) in [5.41, 5.74) is 0.635. The van der Waals surface area contributed by atoms with Crippen molar-refractivity contribution in [2.45, 2.75) is 18.6 Å². The van der Waals surface area contributed by atoms with Gasteiger partial charge in [-0.15, -0.1) is 0 Å². The van der Waals surface area contributed by atoms with E-state index < -0.39 is 9.84 Å². The molecule has 0 unspecified atom stereocenters. The van der Waals surface area contributed by atoms with Crippen LogP contribution >= 0.6 is 0 Å². The van der Waals surface area contributed by atoms with Crippen molar-refractivity contribution >= 4 is 9.84 Å². The Balaban J connectivity index is 1.94. The zero-order valence-electron chi connectivity index (χ0n) is 9.80. The molecule has 1 fully saturated rings. The van der Waals surface area contributed by atoms with E-state index in [1.54, 1.807) is 18.3 Å². The zero-order valence-corrected chi connectivity index (χ0v) is 10.6. The van der Waals surface area contributed by atoms with E-state index in [9.17, 15) is 8.42 Å². The summed E-state index contributed by atoms with van der Waals surface area (Å²) < 4.78 is 24.0. The summed E-state index contributed by atoms with van der Waals surface area (Å²) in [5, 5.41) is 3.24. The molecule has 94 valence electrons. The molecule has 1 N–H and O–H groups in total. The van der Waals surface area contributed by atoms with Crippen LogP contribution < -0.4 is 5.32 Å². The number of pyridine rings is 1. The van der Waals surface area contributed by atoms with Gasteiger partial charge < -0.3 is 5.32 Å². The number of aromatic nitrogens is 1. The van der Waals surface area contributed by atoms with E-state index >= 15 is 0 Å². The van der Waals surface area contributed by atoms with E-state index in [1.165, 1.54) is 0 Å². The number of hydrogen-bond donors (Lipinski definition) is 1. The van der Waals surface area contributed by atoms with Crippen LogP contribution in [0.2, 0.25) is 0 Å². The van der Waals surface area contributed by atoms with Crippen LogP contribution in [0.4, 0.5) is 0 Å². The van der Waals surface area contributed by atoms with E-state index in [1.807, 2.05) is 6.07 Å². The Labute approximate surface area is 102 Å². The third kappa shape index (κ3) is 4.09. The number of piperidine rings is 1. The van der Waals surface area contributed by atoms with Gasteiger partial charge in [-0.25, -0.2) is 8.42 Å². The Morgan fingerprint density at radius 2 is 2.29 bits per heavy atom. The SMILES string of the molecule is O=S(=O)(Cc1ccccn1)C[C@@H]1CCCNC1. The van der Waals surface area contributed by atoms with Gasteiger partial charge in [-0.05, 0) is 44.0 Å². The van der Waals surface area contributed by atoms with Crippen LogP contribution in [0.15, 0.2) is 24.4 Å². The second-order valence-corrected chi connectivity index (χ2v) is 6.70. The highest BCUT2D eigenvalue weighted by molar-refractivity contribution is 7.90. The molecule has 5 heteroatoms. The minimum absolute atomic E-state index is 0.0599. The molecular weight excluding hydrogens is 236 g/mol. The highest BCUT2D eigenvalue weighted by Crippen LogP contribution is 2.14. The molecule has 1 aromatic heterocycles. The summed E-state index contributed by atoms with van der Waals surface area (Å²) >= 11 is 0. The van der Waals surface area contributed by atoms with Crippen LogP contribution in [0.3, 0.4) is 0 Å². The molecular formula is C12H18N2O2S. The lowest BCUT2D eigenvalue weighted by molar-refractivity contribution is 0.404. The predicted molar refractivity (Wildman–Crippen MR) is 67.3 cm³/mol. The van der Waals surface area contributed by atoms with Crippen LogP contribution in [0.25, 0.3) is 0 Å². The zero-order chi connectivity index (χ0) is 12.1. The third-order valence-corrected chi connectivity index (χ3v) is 4.70. The largest absolute Gasteiger partial charge is 0.316 e. The van der Waals surface area contributed by atoms with Gasteiger partial charge in [0.05, 0.1) is 17.2 Å². The Hall–Kier alpha value is -0.940. The van der Waals surface area contributed by atoms with Crippen molar-refractivity contribution in [1.29, 1.82) is 0 Å². The Kier molecular flexibility index (Phi) is 4.12. The van der Waals surface area contributed by atoms with Gasteiger partial charge in [0.1, 0.15) is 0 Å². The monoisotopic (exact) mass is 254 g/mol. The van der Waals surface area contributed by atoms with Gasteiger partial charge in [0.15, 0.2) is 9.84 Å². The highest BCUT2D eigenvalue weighted by atomic mass is 32.2. The molecule has 1 aliphatic heterocycles. The number of hydrogen-bond acceptors (Lipinski definition) is 4. The van der Waals surface area contributed by atoms with Crippen molar-refractivity contribution in [3.8, 4) is 0 Å². The topological polar surface area (TPSA) is 59.1 Å². The fraction of sp³-hybridized carbons (Fsp3) is 0.583. The van der Waals surface area contributed by atoms with Crippen molar-refractivity contribution in [3.05, 3.63) is 30.1 Å². The standard InChI is InChI=1S/C12H18N2O2S/c15-17(16,9-11-4-3-6-13-8-11)10-12-5-1-2-7-14-12/h1-2,5,7,11,13H,3-4,6,8-10H2/t11-/m1/s1. The molecule has 4 nitrogen and oxygen atoms in total. The molecule has 0 amide bonds. The molecule has 1 aliphatic rings. The van der Waals surface area contributed by atoms with Crippen molar-refractivity contribution in [2.75, 3.05) is 18.8 Å². The maximum absolute atomic E-state index is 12.0. The molecule has 1 atom stereocenters. The molecule has 1 saturated heterocycles. The van der Waals surface area contributed by atoms with Crippen LogP contribution in [-0.4, -0.2) is 32.2 Å². The first-order chi connectivity index (χ1) is 8.16. The molecule has 2 heterocycles. The molecule has 1 aromatic rings. The quantitative estimate of drug-likeness (QED) is 0.870. The van der Waals surface area contributed by atoms with Crippen molar-refractivity contribution in [2.24, 2.45) is 5.92 Å². The lowest BCUT2D eigenvalue weighted by atomic mass is 10.0. The van der Waals surface area contributed by atoms with E-state index in [2.05, 4.69) is 10.3 Å². The first kappa shape index (κ1) is 12.5. The second-order valence-electron chi connectivity index (χ2n) is 4.59. The molecule has 0 saturated carbocycles. The molecule has 0 aliphatic carbocycles. The van der Waals surface area contributed by atoms with Gasteiger partial charge in [0, 0.05) is 6.20 Å². The summed E-state index contributed by atoms with van der Waals surface area (Å²) in [5.74, 6) is 0.596. The molecule has 2 rings (SSSR count). The van der Waals surface area contributed by atoms with E-state index in [4.69, 9.17) is 0 Å². The predicted octanol–water partition coefficient (Wildman–Crippen LogP) is 0.996. The summed E-state index contributed by atoms with van der Waals surface area (Å²) in [6, 6.07) is 5.37. The van der Waals surface area contributed by atoms with E-state index in [-0.39, 0.29) is 17.4 Å². The summed E-state index contributed by atoms with van der Waals surface area (Å²) in [7, 11) is -3.04. The van der Waals surface area contributed by atoms with Crippen LogP contribution in [0, 0.1) is 5.92 Å². The highest BCUT2D eigenvalue weighted by Gasteiger charge is 2.21. The molecule has 0 aromatic carbocycles. The lowest BCUT2D eigenvalue weighted by Crippen LogP contribution is -2.34. The molecule has 0 bridgehead atoms. The maximum Gasteiger partial charge on any atom is 0.156 e. The fourth-order valence-corrected chi connectivity index (χ4v) is 3.94. The van der Waals surface area contributed by atoms with E-state index in [0.717, 1.165) is 25.9 Å². The van der Waals surface area contributed by atoms with Gasteiger partial charge in [0.25, 0.3) is 0 Å². The lowest BCUT2D eigenvalue weighted by Gasteiger charge is -2.22. The molecule has 0 radical (unpaired) electrons. The van der Waals surface area contributed by atoms with E-state index in [0.29, 0.717) is 5.69 Å². The smallest absolute Gasteiger partial charge is 0.156 e. The average molecular weight is 254 g/mol. The minimum atomic E-state index is -3.04. The van der Waals surface area contributed by atoms with Gasteiger partial charge >= 0.3 is 0 Å². The summed E-state index contributed by atoms with van der Waals surface area (Å²) in [6.45, 7) is 1.83. The first-order valence-corrected chi connectivity index (χ1v) is 7.79. The number of rotatable bonds is 4. The fourth-order valence-electron chi connectivity index (χ4n) is 2.19. The van der Waals surface area contributed by atoms with Crippen LogP contribution in [0.5, 0.6) is 0 Å². The van der Waals surface area contributed by atoms with Gasteiger partial charge in [0.2, 0.25) is 0 Å². The number of nitrogens with one attached hydrogen (secondary N) is 1. The first-order valence-electron chi connectivity index (χ1n) is 5.97. The van der Waals surface area contributed by atoms with Crippen LogP contribution in [0.1, 0.15) is 18.5 Å². The van der Waals surface area contributed by atoms with Gasteiger partial charge in [-0.1, -0.05) is 6.07 Å². The van der Waals surface area contributed by atoms with Gasteiger partial charge in [-0.2, -0.15) is 0 Å². The second kappa shape index (κ2) is 5.60. The Morgan fingerprint density at radius 1 is 1.41 bits per heavy atom.